The zero-order valence-electron chi connectivity index (χ0n) is 9.05. The van der Waals surface area contributed by atoms with Crippen molar-refractivity contribution in [3.63, 3.8) is 0 Å². The fourth-order valence-electron chi connectivity index (χ4n) is 1.41. The molecule has 0 aliphatic carbocycles. The third-order valence-corrected chi connectivity index (χ3v) is 2.35. The Morgan fingerprint density at radius 2 is 1.94 bits per heavy atom. The van der Waals surface area contributed by atoms with Crippen LogP contribution in [0.5, 0.6) is 0 Å². The zero-order valence-corrected chi connectivity index (χ0v) is 9.05. The fraction of sp³-hybridized carbons (Fsp3) is 0.333. The lowest BCUT2D eigenvalue weighted by Crippen LogP contribution is -2.19. The van der Waals surface area contributed by atoms with E-state index in [1.807, 2.05) is 37.3 Å². The molecule has 0 fully saturated rings. The van der Waals surface area contributed by atoms with Crippen molar-refractivity contribution in [1.29, 1.82) is 0 Å². The molecule has 0 bridgehead atoms. The first kappa shape index (κ1) is 12.2. The molecule has 1 N–H and O–H groups in total. The summed E-state index contributed by atoms with van der Waals surface area (Å²) in [6, 6.07) is 9.57. The summed E-state index contributed by atoms with van der Waals surface area (Å²) in [4.78, 5) is 21.0. The van der Waals surface area contributed by atoms with Gasteiger partial charge in [-0.3, -0.25) is 0 Å². The normalized spacial score (nSPS) is 11.8. The molecular weight excluding hydrogens is 208 g/mol. The molecule has 4 nitrogen and oxygen atoms in total. The van der Waals surface area contributed by atoms with Gasteiger partial charge in [-0.1, -0.05) is 37.3 Å². The minimum atomic E-state index is -1.55. The SMILES string of the molecule is CCC(COC(=O)C(=O)O)c1ccccc1. The van der Waals surface area contributed by atoms with Gasteiger partial charge in [0.2, 0.25) is 0 Å². The second-order valence-corrected chi connectivity index (χ2v) is 3.42. The first-order valence-electron chi connectivity index (χ1n) is 5.10. The molecule has 1 rings (SSSR count). The van der Waals surface area contributed by atoms with Gasteiger partial charge in [0.1, 0.15) is 0 Å². The Morgan fingerprint density at radius 3 is 2.44 bits per heavy atom. The molecule has 1 aromatic carbocycles. The maximum Gasteiger partial charge on any atom is 0.417 e. The van der Waals surface area contributed by atoms with Gasteiger partial charge >= 0.3 is 11.9 Å². The molecule has 1 unspecified atom stereocenters. The van der Waals surface area contributed by atoms with Gasteiger partial charge in [0.15, 0.2) is 0 Å². The minimum absolute atomic E-state index is 0.0458. The topological polar surface area (TPSA) is 63.6 Å². The van der Waals surface area contributed by atoms with E-state index >= 15 is 0 Å². The van der Waals surface area contributed by atoms with E-state index in [-0.39, 0.29) is 12.5 Å². The third-order valence-electron chi connectivity index (χ3n) is 2.35. The highest BCUT2D eigenvalue weighted by atomic mass is 16.6. The van der Waals surface area contributed by atoms with Crippen molar-refractivity contribution < 1.29 is 19.4 Å². The highest BCUT2D eigenvalue weighted by Crippen LogP contribution is 2.19. The van der Waals surface area contributed by atoms with Crippen molar-refractivity contribution >= 4 is 11.9 Å². The van der Waals surface area contributed by atoms with E-state index in [0.717, 1.165) is 12.0 Å². The van der Waals surface area contributed by atoms with Crippen LogP contribution in [0.2, 0.25) is 0 Å². The van der Waals surface area contributed by atoms with E-state index in [1.165, 1.54) is 0 Å². The summed E-state index contributed by atoms with van der Waals surface area (Å²) in [6.07, 6.45) is 0.789. The summed E-state index contributed by atoms with van der Waals surface area (Å²) in [5.74, 6) is -2.71. The summed E-state index contributed by atoms with van der Waals surface area (Å²) >= 11 is 0. The Morgan fingerprint density at radius 1 is 1.31 bits per heavy atom. The molecule has 4 heteroatoms. The number of carboxylic acids is 1. The molecule has 86 valence electrons. The number of aliphatic carboxylic acids is 1. The van der Waals surface area contributed by atoms with Crippen LogP contribution in [0.3, 0.4) is 0 Å². The molecule has 0 saturated carbocycles. The lowest BCUT2D eigenvalue weighted by molar-refractivity contribution is -0.164. The average molecular weight is 222 g/mol. The zero-order chi connectivity index (χ0) is 12.0. The molecule has 1 atom stereocenters. The second-order valence-electron chi connectivity index (χ2n) is 3.42. The van der Waals surface area contributed by atoms with Crippen molar-refractivity contribution in [3.05, 3.63) is 35.9 Å². The summed E-state index contributed by atoms with van der Waals surface area (Å²) in [6.45, 7) is 2.07. The quantitative estimate of drug-likeness (QED) is 0.623. The maximum atomic E-state index is 10.8. The lowest BCUT2D eigenvalue weighted by atomic mass is 9.98. The third kappa shape index (κ3) is 3.38. The number of benzene rings is 1. The standard InChI is InChI=1S/C12H14O4/c1-2-9(8-16-12(15)11(13)14)10-6-4-3-5-7-10/h3-7,9H,2,8H2,1H3,(H,13,14). The number of carbonyl (C=O) groups excluding carboxylic acids is 1. The molecule has 0 heterocycles. The van der Waals surface area contributed by atoms with Gasteiger partial charge in [0.25, 0.3) is 0 Å². The van der Waals surface area contributed by atoms with Crippen LogP contribution in [0.25, 0.3) is 0 Å². The van der Waals surface area contributed by atoms with Gasteiger partial charge in [-0.05, 0) is 12.0 Å². The van der Waals surface area contributed by atoms with Crippen molar-refractivity contribution in [1.82, 2.24) is 0 Å². The Balaban J connectivity index is 2.57. The number of rotatable bonds is 4. The maximum absolute atomic E-state index is 10.8. The van der Waals surface area contributed by atoms with Crippen LogP contribution in [-0.4, -0.2) is 23.7 Å². The van der Waals surface area contributed by atoms with Crippen molar-refractivity contribution in [2.45, 2.75) is 19.3 Å². The van der Waals surface area contributed by atoms with Gasteiger partial charge in [-0.2, -0.15) is 0 Å². The van der Waals surface area contributed by atoms with Gasteiger partial charge in [0, 0.05) is 5.92 Å². The largest absolute Gasteiger partial charge is 0.473 e. The van der Waals surface area contributed by atoms with Crippen molar-refractivity contribution in [2.24, 2.45) is 0 Å². The van der Waals surface area contributed by atoms with Crippen molar-refractivity contribution in [2.75, 3.05) is 6.61 Å². The van der Waals surface area contributed by atoms with Gasteiger partial charge in [0.05, 0.1) is 6.61 Å². The van der Waals surface area contributed by atoms with Crippen LogP contribution in [0.1, 0.15) is 24.8 Å². The van der Waals surface area contributed by atoms with Crippen LogP contribution in [0.4, 0.5) is 0 Å². The molecule has 0 aromatic heterocycles. The molecule has 1 aromatic rings. The van der Waals surface area contributed by atoms with Crippen LogP contribution in [-0.2, 0) is 14.3 Å². The molecule has 0 aliphatic heterocycles. The summed E-state index contributed by atoms with van der Waals surface area (Å²) in [5, 5.41) is 8.36. The molecule has 0 spiro atoms. The second kappa shape index (κ2) is 5.90. The Labute approximate surface area is 93.9 Å². The number of carbonyl (C=O) groups is 2. The Kier molecular flexibility index (Phi) is 4.51. The summed E-state index contributed by atoms with van der Waals surface area (Å²) in [7, 11) is 0. The van der Waals surface area contributed by atoms with E-state index in [2.05, 4.69) is 4.74 Å². The first-order chi connectivity index (χ1) is 7.65. The minimum Gasteiger partial charge on any atom is -0.473 e. The molecule has 0 amide bonds. The predicted molar refractivity (Wildman–Crippen MR) is 58.1 cm³/mol. The van der Waals surface area contributed by atoms with E-state index in [9.17, 15) is 9.59 Å². The molecule has 0 aliphatic rings. The van der Waals surface area contributed by atoms with Crippen LogP contribution in [0.15, 0.2) is 30.3 Å². The Bertz CT molecular complexity index is 359. The monoisotopic (exact) mass is 222 g/mol. The highest BCUT2D eigenvalue weighted by molar-refractivity contribution is 6.28. The highest BCUT2D eigenvalue weighted by Gasteiger charge is 2.16. The molecule has 0 saturated heterocycles. The molecular formula is C12H14O4. The summed E-state index contributed by atoms with van der Waals surface area (Å²) < 4.78 is 4.67. The average Bonchev–Trinajstić information content (AvgIpc) is 2.30. The smallest absolute Gasteiger partial charge is 0.417 e. The Hall–Kier alpha value is -1.84. The number of ether oxygens (including phenoxy) is 1. The summed E-state index contributed by atoms with van der Waals surface area (Å²) in [5.41, 5.74) is 1.04. The van der Waals surface area contributed by atoms with Gasteiger partial charge in [-0.25, -0.2) is 9.59 Å². The lowest BCUT2D eigenvalue weighted by Gasteiger charge is -2.14. The number of hydrogen-bond acceptors (Lipinski definition) is 3. The van der Waals surface area contributed by atoms with Crippen LogP contribution < -0.4 is 0 Å². The van der Waals surface area contributed by atoms with Crippen LogP contribution in [0, 0.1) is 0 Å². The number of esters is 1. The molecule has 16 heavy (non-hydrogen) atoms. The fourth-order valence-corrected chi connectivity index (χ4v) is 1.41. The molecule has 0 radical (unpaired) electrons. The van der Waals surface area contributed by atoms with E-state index in [0.29, 0.717) is 0 Å². The van der Waals surface area contributed by atoms with E-state index in [1.54, 1.807) is 0 Å². The number of hydrogen-bond donors (Lipinski definition) is 1. The van der Waals surface area contributed by atoms with Gasteiger partial charge < -0.3 is 9.84 Å². The predicted octanol–water partition coefficient (Wildman–Crippen LogP) is 1.81. The first-order valence-corrected chi connectivity index (χ1v) is 5.10. The van der Waals surface area contributed by atoms with Crippen molar-refractivity contribution in [3.8, 4) is 0 Å². The van der Waals surface area contributed by atoms with E-state index < -0.39 is 11.9 Å². The van der Waals surface area contributed by atoms with E-state index in [4.69, 9.17) is 5.11 Å². The van der Waals surface area contributed by atoms with Crippen LogP contribution >= 0.6 is 0 Å². The number of carboxylic acid groups (broad SMARTS) is 1. The van der Waals surface area contributed by atoms with Gasteiger partial charge in [-0.15, -0.1) is 0 Å².